The van der Waals surface area contributed by atoms with Crippen LogP contribution in [0.4, 0.5) is 5.82 Å². The lowest BCUT2D eigenvalue weighted by molar-refractivity contribution is 0.412. The number of aryl methyl sites for hydroxylation is 1. The van der Waals surface area contributed by atoms with Crippen LogP contribution >= 0.6 is 15.9 Å². The molecule has 1 heterocycles. The van der Waals surface area contributed by atoms with Crippen molar-refractivity contribution in [1.82, 2.24) is 9.97 Å². The summed E-state index contributed by atoms with van der Waals surface area (Å²) in [4.78, 5) is 9.09. The molecule has 0 saturated heterocycles. The number of nitrogens with zero attached hydrogens (tertiary/aromatic N) is 2. The highest BCUT2D eigenvalue weighted by Crippen LogP contribution is 2.33. The van der Waals surface area contributed by atoms with Crippen molar-refractivity contribution in [3.63, 3.8) is 0 Å². The third-order valence-corrected chi connectivity index (χ3v) is 4.02. The van der Waals surface area contributed by atoms with Crippen molar-refractivity contribution in [2.24, 2.45) is 0 Å². The summed E-state index contributed by atoms with van der Waals surface area (Å²) in [7, 11) is 1.66. The van der Waals surface area contributed by atoms with Gasteiger partial charge in [-0.15, -0.1) is 0 Å². The van der Waals surface area contributed by atoms with Crippen molar-refractivity contribution in [3.05, 3.63) is 33.9 Å². The maximum Gasteiger partial charge on any atom is 0.161 e. The SMILES string of the molecule is COc1ccc(-c2nc(N)c(Br)c(C(C)(C)C)n2)cc1C. The monoisotopic (exact) mass is 349 g/mol. The van der Waals surface area contributed by atoms with E-state index in [1.807, 2.05) is 25.1 Å². The second-order valence-corrected chi connectivity index (χ2v) is 6.82. The van der Waals surface area contributed by atoms with E-state index < -0.39 is 0 Å². The summed E-state index contributed by atoms with van der Waals surface area (Å²) < 4.78 is 6.05. The standard InChI is InChI=1S/C16H20BrN3O/c1-9-8-10(6-7-11(9)21-5)15-19-13(16(2,3)4)12(17)14(18)20-15/h6-8H,1-5H3,(H2,18,19,20). The van der Waals surface area contributed by atoms with E-state index in [1.54, 1.807) is 7.11 Å². The van der Waals surface area contributed by atoms with Gasteiger partial charge in [0, 0.05) is 11.0 Å². The van der Waals surface area contributed by atoms with Gasteiger partial charge < -0.3 is 10.5 Å². The molecule has 0 aliphatic heterocycles. The molecule has 0 aliphatic rings. The van der Waals surface area contributed by atoms with Crippen LogP contribution in [-0.4, -0.2) is 17.1 Å². The Morgan fingerprint density at radius 1 is 1.19 bits per heavy atom. The minimum atomic E-state index is -0.119. The van der Waals surface area contributed by atoms with E-state index in [0.717, 1.165) is 27.0 Å². The van der Waals surface area contributed by atoms with Gasteiger partial charge in [0.05, 0.1) is 17.3 Å². The van der Waals surface area contributed by atoms with Crippen molar-refractivity contribution in [1.29, 1.82) is 0 Å². The van der Waals surface area contributed by atoms with Gasteiger partial charge in [0.2, 0.25) is 0 Å². The summed E-state index contributed by atoms with van der Waals surface area (Å²) in [5.41, 5.74) is 8.78. The van der Waals surface area contributed by atoms with Crippen LogP contribution in [0.3, 0.4) is 0 Å². The Balaban J connectivity index is 2.60. The molecule has 4 nitrogen and oxygen atoms in total. The zero-order chi connectivity index (χ0) is 15.8. The Bertz CT molecular complexity index is 678. The number of aromatic nitrogens is 2. The first kappa shape index (κ1) is 15.8. The van der Waals surface area contributed by atoms with Crippen LogP contribution in [0, 0.1) is 6.92 Å². The molecule has 0 radical (unpaired) electrons. The van der Waals surface area contributed by atoms with E-state index in [-0.39, 0.29) is 5.41 Å². The molecule has 21 heavy (non-hydrogen) atoms. The van der Waals surface area contributed by atoms with Crippen molar-refractivity contribution in [3.8, 4) is 17.1 Å². The number of ether oxygens (including phenoxy) is 1. The first-order chi connectivity index (χ1) is 9.74. The average Bonchev–Trinajstić information content (AvgIpc) is 2.40. The number of nitrogen functional groups attached to an aromatic ring is 1. The van der Waals surface area contributed by atoms with E-state index in [9.17, 15) is 0 Å². The highest BCUT2D eigenvalue weighted by Gasteiger charge is 2.22. The molecule has 1 aromatic heterocycles. The number of nitrogens with two attached hydrogens (primary N) is 1. The van der Waals surface area contributed by atoms with Crippen LogP contribution in [0.5, 0.6) is 5.75 Å². The van der Waals surface area contributed by atoms with E-state index >= 15 is 0 Å². The number of rotatable bonds is 2. The van der Waals surface area contributed by atoms with Gasteiger partial charge in [-0.25, -0.2) is 9.97 Å². The largest absolute Gasteiger partial charge is 0.496 e. The van der Waals surface area contributed by atoms with Crippen molar-refractivity contribution >= 4 is 21.7 Å². The summed E-state index contributed by atoms with van der Waals surface area (Å²) in [5.74, 6) is 1.93. The molecular weight excluding hydrogens is 330 g/mol. The molecule has 0 bridgehead atoms. The van der Waals surface area contributed by atoms with Crippen LogP contribution in [0.25, 0.3) is 11.4 Å². The molecule has 5 heteroatoms. The zero-order valence-corrected chi connectivity index (χ0v) is 14.6. The van der Waals surface area contributed by atoms with E-state index in [0.29, 0.717) is 11.6 Å². The summed E-state index contributed by atoms with van der Waals surface area (Å²) in [6.45, 7) is 8.29. The topological polar surface area (TPSA) is 61.0 Å². The van der Waals surface area contributed by atoms with E-state index in [2.05, 4.69) is 41.7 Å². The summed E-state index contributed by atoms with van der Waals surface area (Å²) in [6, 6.07) is 5.87. The van der Waals surface area contributed by atoms with Crippen molar-refractivity contribution in [2.75, 3.05) is 12.8 Å². The second-order valence-electron chi connectivity index (χ2n) is 6.03. The minimum absolute atomic E-state index is 0.119. The Hall–Kier alpha value is -1.62. The van der Waals surface area contributed by atoms with Gasteiger partial charge in [0.1, 0.15) is 11.6 Å². The van der Waals surface area contributed by atoms with Crippen molar-refractivity contribution < 1.29 is 4.74 Å². The van der Waals surface area contributed by atoms with Gasteiger partial charge in [-0.05, 0) is 46.6 Å². The first-order valence-electron chi connectivity index (χ1n) is 6.72. The number of halogens is 1. The number of hydrogen-bond acceptors (Lipinski definition) is 4. The lowest BCUT2D eigenvalue weighted by atomic mass is 9.91. The number of hydrogen-bond donors (Lipinski definition) is 1. The number of anilines is 1. The summed E-state index contributed by atoms with van der Waals surface area (Å²) >= 11 is 3.49. The predicted octanol–water partition coefficient (Wildman–Crippen LogP) is 4.10. The highest BCUT2D eigenvalue weighted by molar-refractivity contribution is 9.10. The molecule has 0 fully saturated rings. The molecule has 1 aromatic carbocycles. The van der Waals surface area contributed by atoms with Crippen LogP contribution in [0.15, 0.2) is 22.7 Å². The van der Waals surface area contributed by atoms with Crippen LogP contribution in [0.1, 0.15) is 32.0 Å². The van der Waals surface area contributed by atoms with Crippen LogP contribution < -0.4 is 10.5 Å². The fourth-order valence-corrected chi connectivity index (χ4v) is 2.88. The Labute approximate surface area is 133 Å². The summed E-state index contributed by atoms with van der Waals surface area (Å²) in [5, 5.41) is 0. The molecule has 0 saturated carbocycles. The molecule has 2 rings (SSSR count). The van der Waals surface area contributed by atoms with Crippen LogP contribution in [-0.2, 0) is 5.41 Å². The molecule has 2 aromatic rings. The molecule has 0 atom stereocenters. The molecule has 0 unspecified atom stereocenters. The van der Waals surface area contributed by atoms with Gasteiger partial charge >= 0.3 is 0 Å². The lowest BCUT2D eigenvalue weighted by Gasteiger charge is -2.21. The smallest absolute Gasteiger partial charge is 0.161 e. The molecular formula is C16H20BrN3O. The normalized spacial score (nSPS) is 11.5. The maximum atomic E-state index is 6.03. The zero-order valence-electron chi connectivity index (χ0n) is 13.0. The number of benzene rings is 1. The molecule has 0 amide bonds. The van der Waals surface area contributed by atoms with Crippen molar-refractivity contribution in [2.45, 2.75) is 33.1 Å². The van der Waals surface area contributed by atoms with E-state index in [4.69, 9.17) is 15.5 Å². The third kappa shape index (κ3) is 3.18. The minimum Gasteiger partial charge on any atom is -0.496 e. The maximum absolute atomic E-state index is 6.03. The van der Waals surface area contributed by atoms with E-state index in [1.165, 1.54) is 0 Å². The van der Waals surface area contributed by atoms with Gasteiger partial charge in [-0.3, -0.25) is 0 Å². The molecule has 2 N–H and O–H groups in total. The number of methoxy groups -OCH3 is 1. The van der Waals surface area contributed by atoms with Gasteiger partial charge in [-0.1, -0.05) is 20.8 Å². The lowest BCUT2D eigenvalue weighted by Crippen LogP contribution is -2.17. The molecule has 0 spiro atoms. The van der Waals surface area contributed by atoms with Gasteiger partial charge in [0.25, 0.3) is 0 Å². The van der Waals surface area contributed by atoms with Gasteiger partial charge in [-0.2, -0.15) is 0 Å². The Kier molecular flexibility index (Phi) is 4.23. The fraction of sp³-hybridized carbons (Fsp3) is 0.375. The molecule has 0 aliphatic carbocycles. The fourth-order valence-electron chi connectivity index (χ4n) is 2.11. The molecule has 112 valence electrons. The summed E-state index contributed by atoms with van der Waals surface area (Å²) in [6.07, 6.45) is 0. The Morgan fingerprint density at radius 2 is 1.86 bits per heavy atom. The predicted molar refractivity (Wildman–Crippen MR) is 89.6 cm³/mol. The van der Waals surface area contributed by atoms with Gasteiger partial charge in [0.15, 0.2) is 5.82 Å². The quantitative estimate of drug-likeness (QED) is 0.886. The third-order valence-electron chi connectivity index (χ3n) is 3.24. The van der Waals surface area contributed by atoms with Crippen LogP contribution in [0.2, 0.25) is 0 Å². The highest BCUT2D eigenvalue weighted by atomic mass is 79.9. The average molecular weight is 350 g/mol. The Morgan fingerprint density at radius 3 is 2.38 bits per heavy atom. The second kappa shape index (κ2) is 5.64. The first-order valence-corrected chi connectivity index (χ1v) is 7.52.